The average molecular weight is 412 g/mol. The van der Waals surface area contributed by atoms with Gasteiger partial charge in [-0.05, 0) is 32.4 Å². The molecular formula is C20H30ClN3O4. The molecule has 2 saturated heterocycles. The van der Waals surface area contributed by atoms with E-state index in [-0.39, 0.29) is 36.4 Å². The lowest BCUT2D eigenvalue weighted by molar-refractivity contribution is -0.147. The molecule has 0 aliphatic carbocycles. The zero-order valence-electron chi connectivity index (χ0n) is 16.7. The zero-order valence-corrected chi connectivity index (χ0v) is 17.5. The monoisotopic (exact) mass is 411 g/mol. The molecule has 1 aromatic rings. The Morgan fingerprint density at radius 3 is 2.46 bits per heavy atom. The van der Waals surface area contributed by atoms with Crippen LogP contribution in [0.3, 0.4) is 0 Å². The Morgan fingerprint density at radius 2 is 1.82 bits per heavy atom. The second-order valence-electron chi connectivity index (χ2n) is 7.18. The first kappa shape index (κ1) is 22.5. The minimum Gasteiger partial charge on any atom is -0.481 e. The molecule has 3 rings (SSSR count). The fourth-order valence-corrected chi connectivity index (χ4v) is 3.54. The molecule has 0 radical (unpaired) electrons. The van der Waals surface area contributed by atoms with Gasteiger partial charge >= 0.3 is 0 Å². The van der Waals surface area contributed by atoms with E-state index in [2.05, 4.69) is 5.32 Å². The summed E-state index contributed by atoms with van der Waals surface area (Å²) < 4.78 is 11.4. The van der Waals surface area contributed by atoms with Gasteiger partial charge in [0.05, 0.1) is 12.7 Å². The number of carbonyl (C=O) groups excluding carboxylic acids is 2. The van der Waals surface area contributed by atoms with Crippen molar-refractivity contribution in [2.75, 3.05) is 39.3 Å². The standard InChI is InChI=1S/C20H29N3O4.ClH/c1-14-6-4-5-7-17(14)27-16(3)19(24)22-9-11-23(12-10-22)20(25)18-15(2)26-13-8-21-18;/h4-7,15-16,18,21H,8-13H2,1-3H3;1H/t15-,16?,18+;/m1./s1. The summed E-state index contributed by atoms with van der Waals surface area (Å²) in [4.78, 5) is 29.0. The highest BCUT2D eigenvalue weighted by Gasteiger charge is 2.34. The van der Waals surface area contributed by atoms with Crippen LogP contribution < -0.4 is 10.1 Å². The van der Waals surface area contributed by atoms with Crippen LogP contribution in [0.1, 0.15) is 19.4 Å². The minimum absolute atomic E-state index is 0. The van der Waals surface area contributed by atoms with E-state index < -0.39 is 6.10 Å². The molecule has 2 heterocycles. The van der Waals surface area contributed by atoms with Crippen LogP contribution in [0.15, 0.2) is 24.3 Å². The zero-order chi connectivity index (χ0) is 19.4. The predicted molar refractivity (Wildman–Crippen MR) is 109 cm³/mol. The van der Waals surface area contributed by atoms with Crippen molar-refractivity contribution in [3.63, 3.8) is 0 Å². The lowest BCUT2D eigenvalue weighted by Crippen LogP contribution is -2.60. The fourth-order valence-electron chi connectivity index (χ4n) is 3.54. The van der Waals surface area contributed by atoms with Gasteiger partial charge in [-0.3, -0.25) is 9.59 Å². The van der Waals surface area contributed by atoms with Crippen LogP contribution in [-0.4, -0.2) is 79.2 Å². The molecule has 1 aromatic carbocycles. The van der Waals surface area contributed by atoms with E-state index in [9.17, 15) is 9.59 Å². The number of para-hydroxylation sites is 1. The highest BCUT2D eigenvalue weighted by atomic mass is 35.5. The van der Waals surface area contributed by atoms with Crippen molar-refractivity contribution in [3.05, 3.63) is 29.8 Å². The number of morpholine rings is 1. The first-order valence-corrected chi connectivity index (χ1v) is 9.62. The van der Waals surface area contributed by atoms with Crippen LogP contribution in [0.5, 0.6) is 5.75 Å². The van der Waals surface area contributed by atoms with Gasteiger partial charge in [0.15, 0.2) is 6.10 Å². The van der Waals surface area contributed by atoms with Gasteiger partial charge in [0.2, 0.25) is 5.91 Å². The van der Waals surface area contributed by atoms with E-state index in [1.807, 2.05) is 43.0 Å². The van der Waals surface area contributed by atoms with Crippen LogP contribution in [0.4, 0.5) is 0 Å². The molecule has 1 N–H and O–H groups in total. The number of ether oxygens (including phenoxy) is 2. The Bertz CT molecular complexity index is 679. The van der Waals surface area contributed by atoms with Gasteiger partial charge in [0.25, 0.3) is 5.91 Å². The Hall–Kier alpha value is -1.83. The molecule has 0 spiro atoms. The highest BCUT2D eigenvalue weighted by Crippen LogP contribution is 2.19. The SMILES string of the molecule is Cc1ccccc1OC(C)C(=O)N1CCN(C(=O)[C@H]2NCCO[C@@H]2C)CC1.Cl. The lowest BCUT2D eigenvalue weighted by atomic mass is 10.1. The van der Waals surface area contributed by atoms with E-state index in [1.54, 1.807) is 11.8 Å². The molecule has 1 unspecified atom stereocenters. The van der Waals surface area contributed by atoms with Crippen LogP contribution in [-0.2, 0) is 14.3 Å². The Morgan fingerprint density at radius 1 is 1.18 bits per heavy atom. The lowest BCUT2D eigenvalue weighted by Gasteiger charge is -2.39. The largest absolute Gasteiger partial charge is 0.481 e. The number of carbonyl (C=O) groups is 2. The molecule has 8 heteroatoms. The predicted octanol–water partition coefficient (Wildman–Crippen LogP) is 1.23. The van der Waals surface area contributed by atoms with Crippen molar-refractivity contribution >= 4 is 24.2 Å². The van der Waals surface area contributed by atoms with Gasteiger partial charge in [-0.15, -0.1) is 12.4 Å². The topological polar surface area (TPSA) is 71.1 Å². The van der Waals surface area contributed by atoms with E-state index in [0.717, 1.165) is 11.3 Å². The first-order valence-electron chi connectivity index (χ1n) is 9.62. The number of halogens is 1. The summed E-state index contributed by atoms with van der Waals surface area (Å²) in [5, 5.41) is 3.23. The number of hydrogen-bond acceptors (Lipinski definition) is 5. The van der Waals surface area contributed by atoms with E-state index in [1.165, 1.54) is 0 Å². The Kier molecular flexibility index (Phi) is 8.10. The second-order valence-corrected chi connectivity index (χ2v) is 7.18. The molecule has 0 aromatic heterocycles. The summed E-state index contributed by atoms with van der Waals surface area (Å²) in [6.07, 6.45) is -0.685. The third kappa shape index (κ3) is 5.16. The van der Waals surface area contributed by atoms with Crippen molar-refractivity contribution in [1.82, 2.24) is 15.1 Å². The molecule has 2 fully saturated rings. The van der Waals surface area contributed by atoms with Gasteiger partial charge in [0.1, 0.15) is 11.8 Å². The number of aryl methyl sites for hydroxylation is 1. The van der Waals surface area contributed by atoms with Crippen molar-refractivity contribution in [1.29, 1.82) is 0 Å². The third-order valence-corrected chi connectivity index (χ3v) is 5.23. The molecule has 2 amide bonds. The summed E-state index contributed by atoms with van der Waals surface area (Å²) in [6.45, 7) is 9.08. The normalized spacial score (nSPS) is 23.5. The smallest absolute Gasteiger partial charge is 0.263 e. The van der Waals surface area contributed by atoms with Crippen molar-refractivity contribution in [2.45, 2.75) is 39.0 Å². The van der Waals surface area contributed by atoms with Crippen molar-refractivity contribution in [3.8, 4) is 5.75 Å². The van der Waals surface area contributed by atoms with Gasteiger partial charge in [0, 0.05) is 32.7 Å². The van der Waals surface area contributed by atoms with Crippen LogP contribution in [0.25, 0.3) is 0 Å². The maximum absolute atomic E-state index is 12.7. The number of benzene rings is 1. The maximum Gasteiger partial charge on any atom is 0.263 e. The number of rotatable bonds is 4. The van der Waals surface area contributed by atoms with E-state index >= 15 is 0 Å². The van der Waals surface area contributed by atoms with Gasteiger partial charge in [-0.2, -0.15) is 0 Å². The summed E-state index contributed by atoms with van der Waals surface area (Å²) in [5.74, 6) is 0.737. The van der Waals surface area contributed by atoms with Crippen LogP contribution in [0.2, 0.25) is 0 Å². The number of piperazine rings is 1. The molecular weight excluding hydrogens is 382 g/mol. The number of amides is 2. The van der Waals surface area contributed by atoms with Gasteiger partial charge < -0.3 is 24.6 Å². The molecule has 28 heavy (non-hydrogen) atoms. The molecule has 2 aliphatic rings. The Balaban J connectivity index is 0.00000280. The summed E-state index contributed by atoms with van der Waals surface area (Å²) in [7, 11) is 0. The van der Waals surface area contributed by atoms with Crippen LogP contribution >= 0.6 is 12.4 Å². The fraction of sp³-hybridized carbons (Fsp3) is 0.600. The molecule has 0 bridgehead atoms. The molecule has 156 valence electrons. The highest BCUT2D eigenvalue weighted by molar-refractivity contribution is 5.85. The molecule has 2 aliphatic heterocycles. The average Bonchev–Trinajstić information content (AvgIpc) is 2.69. The quantitative estimate of drug-likeness (QED) is 0.807. The summed E-state index contributed by atoms with van der Waals surface area (Å²) in [6, 6.07) is 7.37. The van der Waals surface area contributed by atoms with Crippen molar-refractivity contribution in [2.24, 2.45) is 0 Å². The third-order valence-electron chi connectivity index (χ3n) is 5.23. The molecule has 7 nitrogen and oxygen atoms in total. The number of nitrogens with zero attached hydrogens (tertiary/aromatic N) is 2. The molecule has 3 atom stereocenters. The first-order chi connectivity index (χ1) is 13.0. The summed E-state index contributed by atoms with van der Waals surface area (Å²) >= 11 is 0. The number of nitrogens with one attached hydrogen (secondary N) is 1. The second kappa shape index (κ2) is 10.1. The molecule has 0 saturated carbocycles. The van der Waals surface area contributed by atoms with E-state index in [4.69, 9.17) is 9.47 Å². The minimum atomic E-state index is -0.554. The summed E-state index contributed by atoms with van der Waals surface area (Å²) in [5.41, 5.74) is 1.00. The van der Waals surface area contributed by atoms with Gasteiger partial charge in [-0.25, -0.2) is 0 Å². The van der Waals surface area contributed by atoms with Gasteiger partial charge in [-0.1, -0.05) is 18.2 Å². The Labute approximate surface area is 172 Å². The maximum atomic E-state index is 12.7. The van der Waals surface area contributed by atoms with Crippen molar-refractivity contribution < 1.29 is 19.1 Å². The van der Waals surface area contributed by atoms with Crippen LogP contribution in [0, 0.1) is 6.92 Å². The van der Waals surface area contributed by atoms with E-state index in [0.29, 0.717) is 39.3 Å². The number of hydrogen-bond donors (Lipinski definition) is 1.